The van der Waals surface area contributed by atoms with Crippen LogP contribution in [0.15, 0.2) is 54.6 Å². The Bertz CT molecular complexity index is 747. The van der Waals surface area contributed by atoms with Crippen LogP contribution in [0.3, 0.4) is 0 Å². The lowest BCUT2D eigenvalue weighted by molar-refractivity contribution is -0.274. The number of hydrogen-bond acceptors (Lipinski definition) is 3. The van der Waals surface area contributed by atoms with Gasteiger partial charge < -0.3 is 15.4 Å². The van der Waals surface area contributed by atoms with Crippen LogP contribution < -0.4 is 15.4 Å². The van der Waals surface area contributed by atoms with E-state index in [4.69, 9.17) is 0 Å². The first-order valence-electron chi connectivity index (χ1n) is 7.73. The standard InChI is InChI=1S/C18H17F3N2O3/c1-12(23-17(25)14-5-3-2-4-6-14)16(24)22-11-13-7-9-15(10-8-13)26-18(19,20)21/h2-10,12H,11H2,1H3,(H,22,24)(H,23,25). The second kappa shape index (κ2) is 8.37. The highest BCUT2D eigenvalue weighted by atomic mass is 19.4. The molecule has 0 aliphatic rings. The molecule has 2 amide bonds. The van der Waals surface area contributed by atoms with Crippen molar-refractivity contribution in [3.63, 3.8) is 0 Å². The van der Waals surface area contributed by atoms with E-state index in [0.29, 0.717) is 11.1 Å². The molecule has 8 heteroatoms. The van der Waals surface area contributed by atoms with Crippen molar-refractivity contribution in [3.8, 4) is 5.75 Å². The number of carbonyl (C=O) groups is 2. The van der Waals surface area contributed by atoms with Crippen molar-refractivity contribution in [2.45, 2.75) is 25.9 Å². The molecule has 2 rings (SSSR count). The van der Waals surface area contributed by atoms with Crippen LogP contribution in [0.1, 0.15) is 22.8 Å². The van der Waals surface area contributed by atoms with Gasteiger partial charge in [0.05, 0.1) is 0 Å². The average Bonchev–Trinajstić information content (AvgIpc) is 2.60. The van der Waals surface area contributed by atoms with E-state index in [9.17, 15) is 22.8 Å². The molecule has 0 bridgehead atoms. The zero-order valence-corrected chi connectivity index (χ0v) is 13.8. The van der Waals surface area contributed by atoms with Crippen molar-refractivity contribution in [1.82, 2.24) is 10.6 Å². The van der Waals surface area contributed by atoms with Gasteiger partial charge >= 0.3 is 6.36 Å². The third-order valence-electron chi connectivity index (χ3n) is 3.40. The van der Waals surface area contributed by atoms with Crippen LogP contribution in [0.25, 0.3) is 0 Å². The molecule has 1 atom stereocenters. The van der Waals surface area contributed by atoms with Gasteiger partial charge in [-0.3, -0.25) is 9.59 Å². The molecule has 0 fully saturated rings. The van der Waals surface area contributed by atoms with Gasteiger partial charge in [0.25, 0.3) is 5.91 Å². The van der Waals surface area contributed by atoms with E-state index >= 15 is 0 Å². The molecule has 2 aromatic carbocycles. The summed E-state index contributed by atoms with van der Waals surface area (Å²) >= 11 is 0. The third kappa shape index (κ3) is 6.12. The minimum absolute atomic E-state index is 0.108. The van der Waals surface area contributed by atoms with Gasteiger partial charge in [-0.05, 0) is 36.8 Å². The monoisotopic (exact) mass is 366 g/mol. The Labute approximate surface area is 148 Å². The molecule has 0 radical (unpaired) electrons. The number of alkyl halides is 3. The van der Waals surface area contributed by atoms with Crippen molar-refractivity contribution in [2.24, 2.45) is 0 Å². The van der Waals surface area contributed by atoms with Crippen molar-refractivity contribution in [3.05, 3.63) is 65.7 Å². The smallest absolute Gasteiger partial charge is 0.406 e. The number of ether oxygens (including phenoxy) is 1. The van der Waals surface area contributed by atoms with Crippen LogP contribution in [-0.2, 0) is 11.3 Å². The fourth-order valence-electron chi connectivity index (χ4n) is 2.09. The SMILES string of the molecule is CC(NC(=O)c1ccccc1)C(=O)NCc1ccc(OC(F)(F)F)cc1. The zero-order chi connectivity index (χ0) is 19.2. The second-order valence-electron chi connectivity index (χ2n) is 5.47. The number of hydrogen-bond donors (Lipinski definition) is 2. The van der Waals surface area contributed by atoms with E-state index in [2.05, 4.69) is 15.4 Å². The van der Waals surface area contributed by atoms with E-state index in [1.54, 1.807) is 30.3 Å². The summed E-state index contributed by atoms with van der Waals surface area (Å²) in [4.78, 5) is 24.0. The Balaban J connectivity index is 1.83. The summed E-state index contributed by atoms with van der Waals surface area (Å²) in [7, 11) is 0. The topological polar surface area (TPSA) is 67.4 Å². The predicted octanol–water partition coefficient (Wildman–Crippen LogP) is 3.02. The first-order chi connectivity index (χ1) is 12.2. The van der Waals surface area contributed by atoms with Gasteiger partial charge in [0.15, 0.2) is 0 Å². The van der Waals surface area contributed by atoms with E-state index in [1.807, 2.05) is 0 Å². The largest absolute Gasteiger partial charge is 0.573 e. The van der Waals surface area contributed by atoms with E-state index in [-0.39, 0.29) is 18.2 Å². The van der Waals surface area contributed by atoms with Crippen molar-refractivity contribution in [2.75, 3.05) is 0 Å². The molecule has 0 saturated heterocycles. The first kappa shape index (κ1) is 19.3. The summed E-state index contributed by atoms with van der Waals surface area (Å²) in [5.41, 5.74) is 1.03. The molecule has 138 valence electrons. The Kier molecular flexibility index (Phi) is 6.21. The molecule has 0 aromatic heterocycles. The Morgan fingerprint density at radius 1 is 1.04 bits per heavy atom. The predicted molar refractivity (Wildman–Crippen MR) is 88.3 cm³/mol. The molecule has 0 heterocycles. The van der Waals surface area contributed by atoms with Gasteiger partial charge in [-0.15, -0.1) is 13.2 Å². The lowest BCUT2D eigenvalue weighted by Gasteiger charge is -2.14. The van der Waals surface area contributed by atoms with Gasteiger partial charge in [0.1, 0.15) is 11.8 Å². The fourth-order valence-corrected chi connectivity index (χ4v) is 2.09. The lowest BCUT2D eigenvalue weighted by atomic mass is 10.2. The van der Waals surface area contributed by atoms with Crippen molar-refractivity contribution in [1.29, 1.82) is 0 Å². The fraction of sp³-hybridized carbons (Fsp3) is 0.222. The van der Waals surface area contributed by atoms with Crippen LogP contribution in [-0.4, -0.2) is 24.2 Å². The molecule has 2 N–H and O–H groups in total. The molecule has 26 heavy (non-hydrogen) atoms. The van der Waals surface area contributed by atoms with Gasteiger partial charge in [0, 0.05) is 12.1 Å². The number of amides is 2. The number of nitrogens with one attached hydrogen (secondary N) is 2. The maximum Gasteiger partial charge on any atom is 0.573 e. The van der Waals surface area contributed by atoms with Crippen LogP contribution in [0.4, 0.5) is 13.2 Å². The number of carbonyl (C=O) groups excluding carboxylic acids is 2. The highest BCUT2D eigenvalue weighted by Gasteiger charge is 2.30. The van der Waals surface area contributed by atoms with Gasteiger partial charge in [-0.2, -0.15) is 0 Å². The molecule has 0 saturated carbocycles. The number of benzene rings is 2. The summed E-state index contributed by atoms with van der Waals surface area (Å²) in [6.45, 7) is 1.65. The maximum absolute atomic E-state index is 12.1. The maximum atomic E-state index is 12.1. The molecule has 0 spiro atoms. The van der Waals surface area contributed by atoms with E-state index in [0.717, 1.165) is 12.1 Å². The summed E-state index contributed by atoms with van der Waals surface area (Å²) < 4.78 is 40.1. The van der Waals surface area contributed by atoms with Crippen LogP contribution in [0.2, 0.25) is 0 Å². The Morgan fingerprint density at radius 3 is 2.23 bits per heavy atom. The quantitative estimate of drug-likeness (QED) is 0.826. The average molecular weight is 366 g/mol. The van der Waals surface area contributed by atoms with Gasteiger partial charge in [-0.25, -0.2) is 0 Å². The normalized spacial score (nSPS) is 12.2. The second-order valence-corrected chi connectivity index (χ2v) is 5.47. The summed E-state index contributed by atoms with van der Waals surface area (Å²) in [6, 6.07) is 12.8. The number of rotatable bonds is 6. The summed E-state index contributed by atoms with van der Waals surface area (Å²) in [5.74, 6) is -1.12. The minimum Gasteiger partial charge on any atom is -0.406 e. The third-order valence-corrected chi connectivity index (χ3v) is 3.40. The molecule has 0 aliphatic heterocycles. The molecule has 0 aliphatic carbocycles. The lowest BCUT2D eigenvalue weighted by Crippen LogP contribution is -2.44. The van der Waals surface area contributed by atoms with E-state index in [1.165, 1.54) is 19.1 Å². The van der Waals surface area contributed by atoms with Gasteiger partial charge in [-0.1, -0.05) is 30.3 Å². The summed E-state index contributed by atoms with van der Waals surface area (Å²) in [6.07, 6.45) is -4.75. The molecular weight excluding hydrogens is 349 g/mol. The van der Waals surface area contributed by atoms with Gasteiger partial charge in [0.2, 0.25) is 5.91 Å². The number of halogens is 3. The highest BCUT2D eigenvalue weighted by Crippen LogP contribution is 2.22. The van der Waals surface area contributed by atoms with Crippen molar-refractivity contribution >= 4 is 11.8 Å². The van der Waals surface area contributed by atoms with Crippen molar-refractivity contribution < 1.29 is 27.5 Å². The first-order valence-corrected chi connectivity index (χ1v) is 7.73. The summed E-state index contributed by atoms with van der Waals surface area (Å²) in [5, 5.41) is 5.18. The van der Waals surface area contributed by atoms with Crippen LogP contribution >= 0.6 is 0 Å². The minimum atomic E-state index is -4.75. The molecule has 1 unspecified atom stereocenters. The molecule has 5 nitrogen and oxygen atoms in total. The highest BCUT2D eigenvalue weighted by molar-refractivity contribution is 5.97. The zero-order valence-electron chi connectivity index (χ0n) is 13.8. The Hall–Kier alpha value is -3.03. The molecule has 2 aromatic rings. The Morgan fingerprint density at radius 2 is 1.65 bits per heavy atom. The molecular formula is C18H17F3N2O3. The van der Waals surface area contributed by atoms with Crippen LogP contribution in [0.5, 0.6) is 5.75 Å². The van der Waals surface area contributed by atoms with Crippen LogP contribution in [0, 0.1) is 0 Å². The van der Waals surface area contributed by atoms with E-state index < -0.39 is 18.3 Å².